The Kier molecular flexibility index (Phi) is 4.58. The predicted octanol–water partition coefficient (Wildman–Crippen LogP) is 2.06. The van der Waals surface area contributed by atoms with Crippen molar-refractivity contribution in [3.63, 3.8) is 0 Å². The molecule has 0 N–H and O–H groups in total. The quantitative estimate of drug-likeness (QED) is 0.655. The predicted molar refractivity (Wildman–Crippen MR) is 60.7 cm³/mol. The van der Waals surface area contributed by atoms with Crippen molar-refractivity contribution in [2.75, 3.05) is 13.7 Å². The molecule has 0 spiro atoms. The van der Waals surface area contributed by atoms with Crippen LogP contribution in [0.4, 0.5) is 0 Å². The number of hydrogen-bond donors (Lipinski definition) is 0. The molecular weight excluding hydrogens is 190 g/mol. The van der Waals surface area contributed by atoms with Crippen molar-refractivity contribution in [1.29, 1.82) is 0 Å². The van der Waals surface area contributed by atoms with Crippen LogP contribution in [-0.2, 0) is 9.53 Å². The van der Waals surface area contributed by atoms with E-state index in [2.05, 4.69) is 25.7 Å². The Labute approximate surface area is 92.8 Å². The van der Waals surface area contributed by atoms with Crippen LogP contribution in [-0.4, -0.2) is 36.6 Å². The van der Waals surface area contributed by atoms with E-state index >= 15 is 0 Å². The van der Waals surface area contributed by atoms with Gasteiger partial charge in [-0.15, -0.1) is 0 Å². The van der Waals surface area contributed by atoms with E-state index in [0.717, 1.165) is 18.9 Å². The average Bonchev–Trinajstić information content (AvgIpc) is 2.15. The van der Waals surface area contributed by atoms with Gasteiger partial charge in [-0.25, -0.2) is 0 Å². The third-order valence-electron chi connectivity index (χ3n) is 3.54. The second kappa shape index (κ2) is 5.50. The number of rotatable bonds is 5. The lowest BCUT2D eigenvalue weighted by Crippen LogP contribution is -2.56. The molecule has 0 bridgehead atoms. The molecule has 88 valence electrons. The Balaban J connectivity index is 2.40. The average molecular weight is 213 g/mol. The number of methoxy groups -OCH3 is 1. The van der Waals surface area contributed by atoms with Gasteiger partial charge in [0.2, 0.25) is 0 Å². The summed E-state index contributed by atoms with van der Waals surface area (Å²) in [6, 6.07) is 0.520. The first-order valence-corrected chi connectivity index (χ1v) is 5.93. The number of hydrogen-bond acceptors (Lipinski definition) is 3. The molecule has 0 aromatic carbocycles. The van der Waals surface area contributed by atoms with Crippen molar-refractivity contribution in [2.24, 2.45) is 5.92 Å². The first-order chi connectivity index (χ1) is 7.10. The van der Waals surface area contributed by atoms with Gasteiger partial charge in [0.15, 0.2) is 0 Å². The minimum atomic E-state index is -0.0720. The summed E-state index contributed by atoms with van der Waals surface area (Å²) >= 11 is 0. The van der Waals surface area contributed by atoms with Crippen LogP contribution in [0.3, 0.4) is 0 Å². The SMILES string of the molecule is CCC(C)CC(C)N1CCC1C(=O)OC. The second-order valence-electron chi connectivity index (χ2n) is 4.66. The molecule has 3 atom stereocenters. The van der Waals surface area contributed by atoms with E-state index in [9.17, 15) is 4.79 Å². The summed E-state index contributed by atoms with van der Waals surface area (Å²) in [6.45, 7) is 7.73. The van der Waals surface area contributed by atoms with E-state index in [-0.39, 0.29) is 12.0 Å². The molecule has 0 aromatic rings. The summed E-state index contributed by atoms with van der Waals surface area (Å²) in [5, 5.41) is 0. The lowest BCUT2D eigenvalue weighted by Gasteiger charge is -2.43. The summed E-state index contributed by atoms with van der Waals surface area (Å²) < 4.78 is 4.79. The first-order valence-electron chi connectivity index (χ1n) is 5.93. The van der Waals surface area contributed by atoms with E-state index in [1.165, 1.54) is 20.0 Å². The standard InChI is InChI=1S/C12H23NO2/c1-5-9(2)8-10(3)13-7-6-11(13)12(14)15-4/h9-11H,5-8H2,1-4H3. The molecule has 0 aliphatic carbocycles. The highest BCUT2D eigenvalue weighted by atomic mass is 16.5. The van der Waals surface area contributed by atoms with Crippen molar-refractivity contribution in [3.05, 3.63) is 0 Å². The Bertz CT molecular complexity index is 218. The van der Waals surface area contributed by atoms with Gasteiger partial charge in [-0.2, -0.15) is 0 Å². The summed E-state index contributed by atoms with van der Waals surface area (Å²) in [5.41, 5.74) is 0. The van der Waals surface area contributed by atoms with Crippen LogP contribution in [0.5, 0.6) is 0 Å². The zero-order chi connectivity index (χ0) is 11.4. The lowest BCUT2D eigenvalue weighted by molar-refractivity contribution is -0.153. The number of ether oxygens (including phenoxy) is 1. The summed E-state index contributed by atoms with van der Waals surface area (Å²) in [4.78, 5) is 13.7. The second-order valence-corrected chi connectivity index (χ2v) is 4.66. The van der Waals surface area contributed by atoms with Gasteiger partial charge in [0.25, 0.3) is 0 Å². The van der Waals surface area contributed by atoms with Crippen molar-refractivity contribution >= 4 is 5.97 Å². The van der Waals surface area contributed by atoms with Crippen LogP contribution in [0.2, 0.25) is 0 Å². The van der Waals surface area contributed by atoms with Gasteiger partial charge in [-0.05, 0) is 25.7 Å². The van der Waals surface area contributed by atoms with E-state index in [0.29, 0.717) is 6.04 Å². The lowest BCUT2D eigenvalue weighted by atomic mass is 9.93. The Hall–Kier alpha value is -0.570. The maximum Gasteiger partial charge on any atom is 0.323 e. The molecule has 3 unspecified atom stereocenters. The molecule has 0 saturated carbocycles. The number of carbonyl (C=O) groups is 1. The molecular formula is C12H23NO2. The van der Waals surface area contributed by atoms with Gasteiger partial charge in [0, 0.05) is 12.6 Å². The molecule has 3 nitrogen and oxygen atoms in total. The number of likely N-dealkylation sites (tertiary alicyclic amines) is 1. The summed E-state index contributed by atoms with van der Waals surface area (Å²) in [6.07, 6.45) is 3.34. The van der Waals surface area contributed by atoms with Gasteiger partial charge < -0.3 is 4.74 Å². The molecule has 1 heterocycles. The third kappa shape index (κ3) is 2.94. The largest absolute Gasteiger partial charge is 0.468 e. The van der Waals surface area contributed by atoms with E-state index in [1.54, 1.807) is 0 Å². The molecule has 0 amide bonds. The maximum atomic E-state index is 11.4. The van der Waals surface area contributed by atoms with Gasteiger partial charge in [0.1, 0.15) is 6.04 Å². The fourth-order valence-electron chi connectivity index (χ4n) is 2.21. The maximum absolute atomic E-state index is 11.4. The van der Waals surface area contributed by atoms with E-state index in [4.69, 9.17) is 4.74 Å². The highest BCUT2D eigenvalue weighted by Crippen LogP contribution is 2.25. The van der Waals surface area contributed by atoms with Gasteiger partial charge >= 0.3 is 5.97 Å². The highest BCUT2D eigenvalue weighted by molar-refractivity contribution is 5.76. The molecule has 1 aliphatic rings. The Morgan fingerprint density at radius 3 is 2.60 bits per heavy atom. The summed E-state index contributed by atoms with van der Waals surface area (Å²) in [5.74, 6) is 0.663. The fraction of sp³-hybridized carbons (Fsp3) is 0.917. The molecule has 1 aliphatic heterocycles. The monoisotopic (exact) mass is 213 g/mol. The first kappa shape index (κ1) is 12.5. The molecule has 1 rings (SSSR count). The smallest absolute Gasteiger partial charge is 0.323 e. The molecule has 15 heavy (non-hydrogen) atoms. The minimum absolute atomic E-state index is 0.0223. The van der Waals surface area contributed by atoms with Crippen molar-refractivity contribution in [3.8, 4) is 0 Å². The van der Waals surface area contributed by atoms with E-state index in [1.807, 2.05) is 0 Å². The van der Waals surface area contributed by atoms with Crippen LogP contribution in [0.15, 0.2) is 0 Å². The van der Waals surface area contributed by atoms with Gasteiger partial charge in [-0.3, -0.25) is 9.69 Å². The Morgan fingerprint density at radius 2 is 2.20 bits per heavy atom. The number of esters is 1. The topological polar surface area (TPSA) is 29.5 Å². The summed E-state index contributed by atoms with van der Waals surface area (Å²) in [7, 11) is 1.47. The zero-order valence-corrected chi connectivity index (χ0v) is 10.3. The normalized spacial score (nSPS) is 25.5. The minimum Gasteiger partial charge on any atom is -0.468 e. The molecule has 0 aromatic heterocycles. The van der Waals surface area contributed by atoms with Crippen LogP contribution in [0, 0.1) is 5.92 Å². The van der Waals surface area contributed by atoms with Crippen molar-refractivity contribution in [2.45, 2.75) is 52.1 Å². The van der Waals surface area contributed by atoms with E-state index < -0.39 is 0 Å². The molecule has 1 fully saturated rings. The Morgan fingerprint density at radius 1 is 1.53 bits per heavy atom. The van der Waals surface area contributed by atoms with Crippen LogP contribution >= 0.6 is 0 Å². The van der Waals surface area contributed by atoms with Gasteiger partial charge in [0.05, 0.1) is 7.11 Å². The number of carbonyl (C=O) groups excluding carboxylic acids is 1. The zero-order valence-electron chi connectivity index (χ0n) is 10.3. The van der Waals surface area contributed by atoms with Crippen LogP contribution < -0.4 is 0 Å². The van der Waals surface area contributed by atoms with Crippen LogP contribution in [0.25, 0.3) is 0 Å². The highest BCUT2D eigenvalue weighted by Gasteiger charge is 2.37. The molecule has 0 radical (unpaired) electrons. The van der Waals surface area contributed by atoms with Crippen LogP contribution in [0.1, 0.15) is 40.0 Å². The van der Waals surface area contributed by atoms with Crippen molar-refractivity contribution in [1.82, 2.24) is 4.90 Å². The molecule has 3 heteroatoms. The van der Waals surface area contributed by atoms with Crippen molar-refractivity contribution < 1.29 is 9.53 Å². The molecule has 1 saturated heterocycles. The fourth-order valence-corrected chi connectivity index (χ4v) is 2.21. The van der Waals surface area contributed by atoms with Gasteiger partial charge in [-0.1, -0.05) is 20.3 Å². The number of nitrogens with zero attached hydrogens (tertiary/aromatic N) is 1. The third-order valence-corrected chi connectivity index (χ3v) is 3.54.